The molecule has 0 aliphatic rings. The molecule has 20 heavy (non-hydrogen) atoms. The molecule has 5 nitrogen and oxygen atoms in total. The maximum Gasteiger partial charge on any atom is 0.322 e. The number of aliphatic carboxylic acids is 1. The van der Waals surface area contributed by atoms with Crippen molar-refractivity contribution in [1.82, 2.24) is 4.72 Å². The van der Waals surface area contributed by atoms with E-state index in [2.05, 4.69) is 4.72 Å². The molecule has 1 atom stereocenters. The number of carboxylic acids is 1. The predicted molar refractivity (Wildman–Crippen MR) is 73.0 cm³/mol. The quantitative estimate of drug-likeness (QED) is 0.868. The van der Waals surface area contributed by atoms with Gasteiger partial charge in [-0.25, -0.2) is 17.5 Å². The molecule has 0 fully saturated rings. The van der Waals surface area contributed by atoms with Crippen molar-refractivity contribution in [3.63, 3.8) is 0 Å². The lowest BCUT2D eigenvalue weighted by atomic mass is 9.88. The lowest BCUT2D eigenvalue weighted by Gasteiger charge is -2.27. The minimum Gasteiger partial charge on any atom is -0.480 e. The van der Waals surface area contributed by atoms with Gasteiger partial charge in [0, 0.05) is 0 Å². The average Bonchev–Trinajstić information content (AvgIpc) is 2.27. The van der Waals surface area contributed by atoms with Crippen molar-refractivity contribution in [2.45, 2.75) is 32.6 Å². The Hall–Kier alpha value is -1.47. The van der Waals surface area contributed by atoms with E-state index in [1.54, 1.807) is 20.8 Å². The Morgan fingerprint density at radius 1 is 1.30 bits per heavy atom. The second-order valence-corrected chi connectivity index (χ2v) is 7.39. The standard InChI is InChI=1S/C13H18FNO4S/c1-13(2,3)11(12(16)17)15-20(18,19)8-9-4-6-10(14)7-5-9/h4-7,11,15H,8H2,1-3H3,(H,16,17)/t11-/m1/s1. The van der Waals surface area contributed by atoms with Crippen molar-refractivity contribution in [1.29, 1.82) is 0 Å². The van der Waals surface area contributed by atoms with Gasteiger partial charge in [0.05, 0.1) is 5.75 Å². The molecule has 1 aromatic rings. The van der Waals surface area contributed by atoms with Crippen LogP contribution in [0.5, 0.6) is 0 Å². The fourth-order valence-corrected chi connectivity index (χ4v) is 3.15. The first-order valence-corrected chi connectivity index (χ1v) is 7.64. The van der Waals surface area contributed by atoms with Gasteiger partial charge in [0.2, 0.25) is 10.0 Å². The van der Waals surface area contributed by atoms with E-state index in [0.717, 1.165) is 12.1 Å². The Morgan fingerprint density at radius 3 is 2.20 bits per heavy atom. The molecule has 0 spiro atoms. The van der Waals surface area contributed by atoms with E-state index in [1.165, 1.54) is 12.1 Å². The molecule has 0 unspecified atom stereocenters. The summed E-state index contributed by atoms with van der Waals surface area (Å²) in [7, 11) is -3.83. The zero-order valence-corrected chi connectivity index (χ0v) is 12.4. The monoisotopic (exact) mass is 303 g/mol. The Balaban J connectivity index is 2.89. The van der Waals surface area contributed by atoms with Gasteiger partial charge in [0.1, 0.15) is 11.9 Å². The van der Waals surface area contributed by atoms with Gasteiger partial charge in [-0.1, -0.05) is 32.9 Å². The summed E-state index contributed by atoms with van der Waals surface area (Å²) in [6.07, 6.45) is 0. The Kier molecular flexibility index (Phi) is 4.88. The fourth-order valence-electron chi connectivity index (χ4n) is 1.62. The lowest BCUT2D eigenvalue weighted by Crippen LogP contribution is -2.49. The number of rotatable bonds is 5. The van der Waals surface area contributed by atoms with Crippen molar-refractivity contribution in [2.75, 3.05) is 0 Å². The highest BCUT2D eigenvalue weighted by molar-refractivity contribution is 7.88. The van der Waals surface area contributed by atoms with Crippen LogP contribution >= 0.6 is 0 Å². The maximum absolute atomic E-state index is 12.7. The van der Waals surface area contributed by atoms with E-state index >= 15 is 0 Å². The van der Waals surface area contributed by atoms with Crippen LogP contribution in [-0.4, -0.2) is 25.5 Å². The number of benzene rings is 1. The lowest BCUT2D eigenvalue weighted by molar-refractivity contribution is -0.141. The summed E-state index contributed by atoms with van der Waals surface area (Å²) in [5, 5.41) is 9.10. The summed E-state index contributed by atoms with van der Waals surface area (Å²) in [6, 6.07) is 3.78. The van der Waals surface area contributed by atoms with Gasteiger partial charge in [0.25, 0.3) is 0 Å². The molecule has 2 N–H and O–H groups in total. The zero-order chi connectivity index (χ0) is 15.6. The molecular formula is C13H18FNO4S. The summed E-state index contributed by atoms with van der Waals surface area (Å²) in [5.41, 5.74) is -0.376. The van der Waals surface area contributed by atoms with Crippen molar-refractivity contribution >= 4 is 16.0 Å². The summed E-state index contributed by atoms with van der Waals surface area (Å²) < 4.78 is 38.9. The molecule has 7 heteroatoms. The first-order valence-electron chi connectivity index (χ1n) is 5.98. The topological polar surface area (TPSA) is 83.5 Å². The first kappa shape index (κ1) is 16.6. The summed E-state index contributed by atoms with van der Waals surface area (Å²) >= 11 is 0. The highest BCUT2D eigenvalue weighted by Gasteiger charge is 2.34. The van der Waals surface area contributed by atoms with E-state index < -0.39 is 39.0 Å². The fraction of sp³-hybridized carbons (Fsp3) is 0.462. The van der Waals surface area contributed by atoms with Gasteiger partial charge in [0.15, 0.2) is 0 Å². The van der Waals surface area contributed by atoms with Crippen LogP contribution in [0.3, 0.4) is 0 Å². The van der Waals surface area contributed by atoms with Gasteiger partial charge in [-0.15, -0.1) is 0 Å². The van der Waals surface area contributed by atoms with Crippen LogP contribution in [0.25, 0.3) is 0 Å². The van der Waals surface area contributed by atoms with Gasteiger partial charge >= 0.3 is 5.97 Å². The number of sulfonamides is 1. The summed E-state index contributed by atoms with van der Waals surface area (Å²) in [6.45, 7) is 4.89. The van der Waals surface area contributed by atoms with Crippen LogP contribution in [0.15, 0.2) is 24.3 Å². The molecule has 0 heterocycles. The van der Waals surface area contributed by atoms with E-state index in [-0.39, 0.29) is 0 Å². The maximum atomic E-state index is 12.7. The van der Waals surface area contributed by atoms with Crippen molar-refractivity contribution < 1.29 is 22.7 Å². The van der Waals surface area contributed by atoms with Gasteiger partial charge in [-0.2, -0.15) is 0 Å². The molecule has 0 bridgehead atoms. The molecule has 1 aromatic carbocycles. The minimum absolute atomic E-state index is 0.386. The average molecular weight is 303 g/mol. The van der Waals surface area contributed by atoms with Crippen LogP contribution in [0, 0.1) is 11.2 Å². The number of hydrogen-bond acceptors (Lipinski definition) is 3. The molecule has 112 valence electrons. The van der Waals surface area contributed by atoms with Crippen molar-refractivity contribution in [2.24, 2.45) is 5.41 Å². The highest BCUT2D eigenvalue weighted by Crippen LogP contribution is 2.21. The normalized spacial score (nSPS) is 14.0. The van der Waals surface area contributed by atoms with E-state index in [4.69, 9.17) is 5.11 Å². The molecule has 0 aliphatic carbocycles. The van der Waals surface area contributed by atoms with E-state index in [9.17, 15) is 17.6 Å². The Labute approximate surface area is 117 Å². The van der Waals surface area contributed by atoms with E-state index in [0.29, 0.717) is 5.56 Å². The largest absolute Gasteiger partial charge is 0.480 e. The highest BCUT2D eigenvalue weighted by atomic mass is 32.2. The molecule has 0 aliphatic heterocycles. The smallest absolute Gasteiger partial charge is 0.322 e. The van der Waals surface area contributed by atoms with Crippen LogP contribution in [0.2, 0.25) is 0 Å². The molecule has 0 aromatic heterocycles. The second kappa shape index (κ2) is 5.88. The SMILES string of the molecule is CC(C)(C)[C@H](NS(=O)(=O)Cc1ccc(F)cc1)C(=O)O. The van der Waals surface area contributed by atoms with Crippen LogP contribution < -0.4 is 4.72 Å². The third kappa shape index (κ3) is 4.90. The summed E-state index contributed by atoms with van der Waals surface area (Å²) in [5.74, 6) is -2.09. The molecule has 0 amide bonds. The van der Waals surface area contributed by atoms with Crippen molar-refractivity contribution in [3.8, 4) is 0 Å². The van der Waals surface area contributed by atoms with Crippen LogP contribution in [0.4, 0.5) is 4.39 Å². The molecular weight excluding hydrogens is 285 g/mol. The molecule has 0 radical (unpaired) electrons. The number of nitrogens with one attached hydrogen (secondary N) is 1. The second-order valence-electron chi connectivity index (χ2n) is 5.64. The van der Waals surface area contributed by atoms with Crippen LogP contribution in [-0.2, 0) is 20.6 Å². The number of carbonyl (C=O) groups is 1. The summed E-state index contributed by atoms with van der Waals surface area (Å²) in [4.78, 5) is 11.1. The molecule has 0 saturated heterocycles. The van der Waals surface area contributed by atoms with E-state index in [1.807, 2.05) is 0 Å². The van der Waals surface area contributed by atoms with Crippen molar-refractivity contribution in [3.05, 3.63) is 35.6 Å². The van der Waals surface area contributed by atoms with Crippen LogP contribution in [0.1, 0.15) is 26.3 Å². The Morgan fingerprint density at radius 2 is 1.80 bits per heavy atom. The van der Waals surface area contributed by atoms with Gasteiger partial charge in [-0.3, -0.25) is 4.79 Å². The number of hydrogen-bond donors (Lipinski definition) is 2. The molecule has 1 rings (SSSR count). The third-order valence-electron chi connectivity index (χ3n) is 2.68. The third-order valence-corrected chi connectivity index (χ3v) is 3.99. The number of carboxylic acid groups (broad SMARTS) is 1. The first-order chi connectivity index (χ1) is 9.01. The zero-order valence-electron chi connectivity index (χ0n) is 11.6. The van der Waals surface area contributed by atoms with Gasteiger partial charge < -0.3 is 5.11 Å². The van der Waals surface area contributed by atoms with Gasteiger partial charge in [-0.05, 0) is 23.1 Å². The Bertz CT molecular complexity index is 575. The number of halogens is 1. The predicted octanol–water partition coefficient (Wildman–Crippen LogP) is 1.74. The molecule has 0 saturated carbocycles. The minimum atomic E-state index is -3.83.